The number of benzene rings is 2. The normalized spacial score (nSPS) is 15.2. The first kappa shape index (κ1) is 24.9. The maximum Gasteiger partial charge on any atom is 0.350 e. The van der Waals surface area contributed by atoms with Crippen LogP contribution >= 0.6 is 11.3 Å². The Morgan fingerprint density at radius 1 is 0.973 bits per heavy atom. The molecule has 1 fully saturated rings. The molecule has 2 aromatic heterocycles. The Balaban J connectivity index is 1.28. The van der Waals surface area contributed by atoms with Crippen LogP contribution in [-0.2, 0) is 4.79 Å². The summed E-state index contributed by atoms with van der Waals surface area (Å²) in [5.41, 5.74) is 2.71. The van der Waals surface area contributed by atoms with Crippen molar-refractivity contribution in [2.75, 3.05) is 36.4 Å². The summed E-state index contributed by atoms with van der Waals surface area (Å²) in [6.45, 7) is 8.92. The maximum atomic E-state index is 13.4. The largest absolute Gasteiger partial charge is 0.369 e. The van der Waals surface area contributed by atoms with Crippen molar-refractivity contribution in [2.45, 2.75) is 32.9 Å². The van der Waals surface area contributed by atoms with Gasteiger partial charge in [0.25, 0.3) is 0 Å². The van der Waals surface area contributed by atoms with E-state index in [0.717, 1.165) is 48.0 Å². The Kier molecular flexibility index (Phi) is 7.20. The minimum atomic E-state index is -0.390. The number of anilines is 2. The van der Waals surface area contributed by atoms with Crippen molar-refractivity contribution in [1.82, 2.24) is 24.2 Å². The molecule has 1 aliphatic heterocycles. The highest BCUT2D eigenvalue weighted by Crippen LogP contribution is 2.27. The Morgan fingerprint density at radius 3 is 2.24 bits per heavy atom. The van der Waals surface area contributed by atoms with Crippen LogP contribution in [0.3, 0.4) is 0 Å². The van der Waals surface area contributed by atoms with Crippen LogP contribution in [0.5, 0.6) is 0 Å². The topological polar surface area (TPSA) is 88.3 Å². The van der Waals surface area contributed by atoms with Crippen molar-refractivity contribution in [2.24, 2.45) is 0 Å². The van der Waals surface area contributed by atoms with E-state index in [1.54, 1.807) is 17.1 Å². The molecule has 1 amide bonds. The third-order valence-electron chi connectivity index (χ3n) is 6.57. The van der Waals surface area contributed by atoms with Gasteiger partial charge in [-0.25, -0.2) is 19.0 Å². The first-order valence-electron chi connectivity index (χ1n) is 12.4. The Hall–Kier alpha value is -3.76. The van der Waals surface area contributed by atoms with E-state index >= 15 is 0 Å². The van der Waals surface area contributed by atoms with E-state index < -0.39 is 0 Å². The molecule has 4 aromatic rings. The summed E-state index contributed by atoms with van der Waals surface area (Å²) in [6.07, 6.45) is 3.34. The summed E-state index contributed by atoms with van der Waals surface area (Å²) < 4.78 is 3.04. The fourth-order valence-electron chi connectivity index (χ4n) is 4.66. The number of nitrogens with one attached hydrogen (secondary N) is 1. The second-order valence-corrected chi connectivity index (χ2v) is 10.7. The van der Waals surface area contributed by atoms with Crippen LogP contribution in [0.25, 0.3) is 5.69 Å². The lowest BCUT2D eigenvalue weighted by Gasteiger charge is -2.39. The van der Waals surface area contributed by atoms with Gasteiger partial charge in [-0.05, 0) is 50.6 Å². The predicted octanol–water partition coefficient (Wildman–Crippen LogP) is 3.88. The zero-order valence-corrected chi connectivity index (χ0v) is 22.1. The van der Waals surface area contributed by atoms with Crippen molar-refractivity contribution < 1.29 is 4.79 Å². The molecule has 9 nitrogen and oxygen atoms in total. The zero-order chi connectivity index (χ0) is 25.9. The minimum absolute atomic E-state index is 0.0109. The lowest BCUT2D eigenvalue weighted by molar-refractivity contribution is -0.121. The number of hydrogen-bond donors (Lipinski definition) is 1. The fraction of sp³-hybridized carbons (Fsp3) is 0.333. The zero-order valence-electron chi connectivity index (χ0n) is 21.2. The summed E-state index contributed by atoms with van der Waals surface area (Å²) in [6, 6.07) is 17.5. The van der Waals surface area contributed by atoms with Crippen LogP contribution in [0.4, 0.5) is 10.8 Å². The number of carbonyl (C=O) groups is 1. The molecule has 1 N–H and O–H groups in total. The van der Waals surface area contributed by atoms with Gasteiger partial charge in [0, 0.05) is 42.9 Å². The number of aromatic nitrogens is 4. The van der Waals surface area contributed by atoms with E-state index in [9.17, 15) is 9.59 Å². The van der Waals surface area contributed by atoms with Gasteiger partial charge in [0.15, 0.2) is 5.13 Å². The van der Waals surface area contributed by atoms with Crippen LogP contribution in [-0.4, -0.2) is 56.3 Å². The molecule has 1 aliphatic rings. The van der Waals surface area contributed by atoms with Gasteiger partial charge in [-0.15, -0.1) is 11.3 Å². The number of hydrogen-bond acceptors (Lipinski definition) is 7. The van der Waals surface area contributed by atoms with Gasteiger partial charge >= 0.3 is 5.69 Å². The molecular formula is C27H31N7O2S. The number of nitrogens with zero attached hydrogens (tertiary/aromatic N) is 6. The second kappa shape index (κ2) is 10.7. The van der Waals surface area contributed by atoms with Crippen LogP contribution in [0.15, 0.2) is 71.9 Å². The van der Waals surface area contributed by atoms with Gasteiger partial charge in [-0.3, -0.25) is 9.69 Å². The van der Waals surface area contributed by atoms with Gasteiger partial charge < -0.3 is 10.2 Å². The molecule has 0 saturated carbocycles. The van der Waals surface area contributed by atoms with Gasteiger partial charge in [0.05, 0.1) is 11.7 Å². The minimum Gasteiger partial charge on any atom is -0.369 e. The third kappa shape index (κ3) is 5.35. The van der Waals surface area contributed by atoms with Crippen LogP contribution in [0.2, 0.25) is 0 Å². The molecule has 1 unspecified atom stereocenters. The van der Waals surface area contributed by atoms with E-state index in [0.29, 0.717) is 5.13 Å². The van der Waals surface area contributed by atoms with E-state index in [-0.39, 0.29) is 23.7 Å². The molecule has 0 bridgehead atoms. The van der Waals surface area contributed by atoms with E-state index in [2.05, 4.69) is 25.2 Å². The number of carbonyl (C=O) groups excluding carboxylic acids is 1. The number of amides is 1. The van der Waals surface area contributed by atoms with Crippen molar-refractivity contribution in [1.29, 1.82) is 0 Å². The summed E-state index contributed by atoms with van der Waals surface area (Å²) >= 11 is 1.48. The van der Waals surface area contributed by atoms with E-state index in [4.69, 9.17) is 0 Å². The molecular weight excluding hydrogens is 486 g/mol. The molecule has 1 saturated heterocycles. The molecule has 0 spiro atoms. The van der Waals surface area contributed by atoms with Crippen molar-refractivity contribution in [3.63, 3.8) is 0 Å². The summed E-state index contributed by atoms with van der Waals surface area (Å²) in [4.78, 5) is 35.9. The van der Waals surface area contributed by atoms with E-state index in [1.165, 1.54) is 16.0 Å². The number of piperazine rings is 1. The van der Waals surface area contributed by atoms with Crippen molar-refractivity contribution >= 4 is 28.1 Å². The molecule has 1 atom stereocenters. The van der Waals surface area contributed by atoms with Gasteiger partial charge in [-0.2, -0.15) is 5.10 Å². The van der Waals surface area contributed by atoms with Gasteiger partial charge in [-0.1, -0.05) is 30.3 Å². The van der Waals surface area contributed by atoms with Crippen LogP contribution in [0, 0.1) is 6.92 Å². The van der Waals surface area contributed by atoms with E-state index in [1.807, 2.05) is 75.4 Å². The summed E-state index contributed by atoms with van der Waals surface area (Å²) in [7, 11) is 0. The van der Waals surface area contributed by atoms with Gasteiger partial charge in [0.2, 0.25) is 5.91 Å². The highest BCUT2D eigenvalue weighted by molar-refractivity contribution is 7.15. The lowest BCUT2D eigenvalue weighted by Crippen LogP contribution is -2.50. The molecule has 3 heterocycles. The Morgan fingerprint density at radius 2 is 1.65 bits per heavy atom. The lowest BCUT2D eigenvalue weighted by atomic mass is 10.0. The third-order valence-corrected chi connectivity index (χ3v) is 7.40. The predicted molar refractivity (Wildman–Crippen MR) is 147 cm³/mol. The number of thiazole rings is 1. The highest BCUT2D eigenvalue weighted by Gasteiger charge is 2.31. The molecule has 0 radical (unpaired) electrons. The van der Waals surface area contributed by atoms with Crippen LogP contribution in [0.1, 0.15) is 36.4 Å². The maximum absolute atomic E-state index is 13.4. The van der Waals surface area contributed by atoms with Crippen molar-refractivity contribution in [3.8, 4) is 5.69 Å². The quantitative estimate of drug-likeness (QED) is 0.400. The monoisotopic (exact) mass is 517 g/mol. The number of rotatable bonds is 7. The summed E-state index contributed by atoms with van der Waals surface area (Å²) in [5.74, 6) is -0.0641. The highest BCUT2D eigenvalue weighted by atomic mass is 32.1. The average Bonchev–Trinajstić information content (AvgIpc) is 3.50. The molecule has 2 aromatic carbocycles. The molecule has 5 rings (SSSR count). The molecule has 192 valence electrons. The molecule has 0 aliphatic carbocycles. The standard InChI is InChI=1S/C27H31N7O2S/c1-19(2)34-27(36)33(18-29-34)23-11-9-22(10-12-23)31-13-15-32(16-14-31)24(21-7-5-4-6-8-21)25(35)30-26-28-17-20(3)37-26/h4-12,17-19,24H,13-16H2,1-3H3,(H,28,30,35). The fourth-order valence-corrected chi connectivity index (χ4v) is 5.33. The SMILES string of the molecule is Cc1cnc(NC(=O)C(c2ccccc2)N2CCN(c3ccc(-n4cnn(C(C)C)c4=O)cc3)CC2)s1. The second-order valence-electron chi connectivity index (χ2n) is 9.44. The first-order chi connectivity index (χ1) is 17.9. The average molecular weight is 518 g/mol. The van der Waals surface area contributed by atoms with Crippen molar-refractivity contribution in [3.05, 3.63) is 88.0 Å². The summed E-state index contributed by atoms with van der Waals surface area (Å²) in [5, 5.41) is 7.85. The smallest absolute Gasteiger partial charge is 0.350 e. The first-order valence-corrected chi connectivity index (χ1v) is 13.3. The van der Waals surface area contributed by atoms with Crippen LogP contribution < -0.4 is 15.9 Å². The molecule has 37 heavy (non-hydrogen) atoms. The number of aryl methyl sites for hydroxylation is 1. The van der Waals surface area contributed by atoms with Gasteiger partial charge in [0.1, 0.15) is 12.4 Å². The Labute approximate surface area is 220 Å². The molecule has 10 heteroatoms. The Bertz CT molecular complexity index is 1400.